The van der Waals surface area contributed by atoms with Gasteiger partial charge in [-0.15, -0.1) is 0 Å². The van der Waals surface area contributed by atoms with E-state index < -0.39 is 12.7 Å². The van der Waals surface area contributed by atoms with Crippen LogP contribution in [0.15, 0.2) is 43.0 Å². The summed E-state index contributed by atoms with van der Waals surface area (Å²) in [6.07, 6.45) is 1.24. The number of aromatic nitrogens is 4. The first-order valence-corrected chi connectivity index (χ1v) is 7.65. The van der Waals surface area contributed by atoms with Crippen LogP contribution in [-0.4, -0.2) is 33.0 Å². The molecule has 2 aromatic heterocycles. The highest BCUT2D eigenvalue weighted by Gasteiger charge is 2.28. The maximum absolute atomic E-state index is 12.4. The lowest BCUT2D eigenvalue weighted by atomic mass is 10.1. The van der Waals surface area contributed by atoms with Gasteiger partial charge in [-0.05, 0) is 17.7 Å². The van der Waals surface area contributed by atoms with Gasteiger partial charge in [-0.1, -0.05) is 6.07 Å². The van der Waals surface area contributed by atoms with Gasteiger partial charge in [-0.25, -0.2) is 9.97 Å². The molecular weight excluding hydrogens is 361 g/mol. The molecule has 2 heterocycles. The van der Waals surface area contributed by atoms with Crippen LogP contribution < -0.4 is 10.1 Å². The highest BCUT2D eigenvalue weighted by molar-refractivity contribution is 5.66. The Hall–Kier alpha value is -3.61. The van der Waals surface area contributed by atoms with Crippen molar-refractivity contribution in [2.45, 2.75) is 12.7 Å². The number of rotatable bonds is 5. The number of nitrogens with zero attached hydrogens (tertiary/aromatic N) is 5. The molecule has 3 rings (SSSR count). The van der Waals surface area contributed by atoms with Gasteiger partial charge in [-0.3, -0.25) is 4.68 Å². The molecule has 0 fully saturated rings. The number of methoxy groups -OCH3 is 1. The molecule has 1 aromatic carbocycles. The molecule has 0 saturated carbocycles. The normalized spacial score (nSPS) is 11.1. The molecule has 1 N–H and O–H groups in total. The molecule has 0 aliphatic carbocycles. The van der Waals surface area contributed by atoms with Crippen LogP contribution in [0.4, 0.5) is 24.8 Å². The Morgan fingerprint density at radius 3 is 2.56 bits per heavy atom. The van der Waals surface area contributed by atoms with Gasteiger partial charge in [0.05, 0.1) is 24.6 Å². The third-order valence-corrected chi connectivity index (χ3v) is 3.54. The van der Waals surface area contributed by atoms with Crippen LogP contribution in [0.3, 0.4) is 0 Å². The van der Waals surface area contributed by atoms with Gasteiger partial charge in [0.2, 0.25) is 5.95 Å². The Morgan fingerprint density at radius 2 is 1.93 bits per heavy atom. The Morgan fingerprint density at radius 1 is 1.19 bits per heavy atom. The lowest BCUT2D eigenvalue weighted by Gasteiger charge is -2.07. The van der Waals surface area contributed by atoms with Crippen molar-refractivity contribution in [3.63, 3.8) is 0 Å². The van der Waals surface area contributed by atoms with Crippen LogP contribution in [0.5, 0.6) is 5.75 Å². The Labute approximate surface area is 152 Å². The van der Waals surface area contributed by atoms with E-state index in [2.05, 4.69) is 20.4 Å². The average Bonchev–Trinajstić information content (AvgIpc) is 3.06. The van der Waals surface area contributed by atoms with Crippen molar-refractivity contribution in [3.05, 3.63) is 48.5 Å². The van der Waals surface area contributed by atoms with Crippen LogP contribution in [0.25, 0.3) is 11.1 Å². The standard InChI is InChI=1S/C17H13F3N6O/c1-27-15-4-11(2-3-12(15)5-21)13-6-22-16(23-7-13)25-14-8-24-26(9-14)10-17(18,19)20/h2-4,6-9H,10H2,1H3,(H,22,23,25). The lowest BCUT2D eigenvalue weighted by molar-refractivity contribution is -0.142. The molecule has 0 unspecified atom stereocenters. The third-order valence-electron chi connectivity index (χ3n) is 3.54. The molecule has 3 aromatic rings. The van der Waals surface area contributed by atoms with Crippen LogP contribution in [0.2, 0.25) is 0 Å². The van der Waals surface area contributed by atoms with Crippen LogP contribution in [0.1, 0.15) is 5.56 Å². The summed E-state index contributed by atoms with van der Waals surface area (Å²) in [7, 11) is 1.47. The SMILES string of the molecule is COc1cc(-c2cnc(Nc3cnn(CC(F)(F)F)c3)nc2)ccc1C#N. The van der Waals surface area contributed by atoms with Crippen molar-refractivity contribution in [3.8, 4) is 22.9 Å². The van der Waals surface area contributed by atoms with Gasteiger partial charge in [-0.2, -0.15) is 23.5 Å². The zero-order valence-corrected chi connectivity index (χ0v) is 14.0. The minimum Gasteiger partial charge on any atom is -0.495 e. The molecule has 0 radical (unpaired) electrons. The fourth-order valence-electron chi connectivity index (χ4n) is 2.33. The Bertz CT molecular complexity index is 976. The fourth-order valence-corrected chi connectivity index (χ4v) is 2.33. The smallest absolute Gasteiger partial charge is 0.408 e. The number of anilines is 2. The number of hydrogen-bond donors (Lipinski definition) is 1. The van der Waals surface area contributed by atoms with Crippen molar-refractivity contribution in [2.75, 3.05) is 12.4 Å². The third kappa shape index (κ3) is 4.52. The number of nitriles is 1. The monoisotopic (exact) mass is 374 g/mol. The van der Waals surface area contributed by atoms with Gasteiger partial charge in [0.25, 0.3) is 0 Å². The molecule has 0 bridgehead atoms. The molecule has 0 atom stereocenters. The highest BCUT2D eigenvalue weighted by Crippen LogP contribution is 2.26. The summed E-state index contributed by atoms with van der Waals surface area (Å²) in [5, 5.41) is 15.4. The first kappa shape index (κ1) is 18.2. The topological polar surface area (TPSA) is 88.7 Å². The molecule has 138 valence electrons. The number of halogens is 3. The number of nitrogens with one attached hydrogen (secondary N) is 1. The van der Waals surface area contributed by atoms with Crippen molar-refractivity contribution in [1.82, 2.24) is 19.7 Å². The summed E-state index contributed by atoms with van der Waals surface area (Å²) in [4.78, 5) is 8.29. The number of ether oxygens (including phenoxy) is 1. The molecule has 10 heteroatoms. The largest absolute Gasteiger partial charge is 0.495 e. The van der Waals surface area contributed by atoms with Crippen LogP contribution in [-0.2, 0) is 6.54 Å². The van der Waals surface area contributed by atoms with E-state index in [4.69, 9.17) is 10.00 Å². The van der Waals surface area contributed by atoms with E-state index in [0.717, 1.165) is 10.2 Å². The summed E-state index contributed by atoms with van der Waals surface area (Å²) in [5.41, 5.74) is 2.20. The fraction of sp³-hybridized carbons (Fsp3) is 0.176. The van der Waals surface area contributed by atoms with E-state index in [-0.39, 0.29) is 5.95 Å². The molecule has 0 aliphatic heterocycles. The summed E-state index contributed by atoms with van der Waals surface area (Å²) < 4.78 is 43.0. The molecular formula is C17H13F3N6O. The quantitative estimate of drug-likeness (QED) is 0.735. The molecule has 27 heavy (non-hydrogen) atoms. The lowest BCUT2D eigenvalue weighted by Crippen LogP contribution is -2.17. The number of hydrogen-bond acceptors (Lipinski definition) is 6. The zero-order chi connectivity index (χ0) is 19.4. The first-order chi connectivity index (χ1) is 12.9. The van der Waals surface area contributed by atoms with Gasteiger partial charge in [0.15, 0.2) is 0 Å². The maximum atomic E-state index is 12.4. The summed E-state index contributed by atoms with van der Waals surface area (Å²) >= 11 is 0. The van der Waals surface area contributed by atoms with Crippen LogP contribution >= 0.6 is 0 Å². The zero-order valence-electron chi connectivity index (χ0n) is 14.0. The van der Waals surface area contributed by atoms with E-state index in [1.54, 1.807) is 30.6 Å². The van der Waals surface area contributed by atoms with E-state index in [1.807, 2.05) is 6.07 Å². The second-order valence-corrected chi connectivity index (χ2v) is 5.49. The van der Waals surface area contributed by atoms with E-state index in [9.17, 15) is 13.2 Å². The summed E-state index contributed by atoms with van der Waals surface area (Å²) in [6.45, 7) is -1.17. The highest BCUT2D eigenvalue weighted by atomic mass is 19.4. The number of alkyl halides is 3. The van der Waals surface area contributed by atoms with E-state index >= 15 is 0 Å². The predicted octanol–water partition coefficient (Wildman–Crippen LogP) is 3.53. The minimum absolute atomic E-state index is 0.214. The average molecular weight is 374 g/mol. The Balaban J connectivity index is 1.74. The summed E-state index contributed by atoms with van der Waals surface area (Å²) in [5.74, 6) is 0.653. The molecule has 0 saturated heterocycles. The molecule has 7 nitrogen and oxygen atoms in total. The molecule has 0 aliphatic rings. The summed E-state index contributed by atoms with van der Waals surface area (Å²) in [6, 6.07) is 7.11. The van der Waals surface area contributed by atoms with Crippen LogP contribution in [0, 0.1) is 11.3 Å². The van der Waals surface area contributed by atoms with E-state index in [0.29, 0.717) is 22.6 Å². The maximum Gasteiger partial charge on any atom is 0.408 e. The molecule has 0 amide bonds. The van der Waals surface area contributed by atoms with Gasteiger partial charge in [0.1, 0.15) is 18.4 Å². The molecule has 0 spiro atoms. The van der Waals surface area contributed by atoms with Crippen molar-refractivity contribution in [1.29, 1.82) is 5.26 Å². The van der Waals surface area contributed by atoms with Crippen molar-refractivity contribution >= 4 is 11.6 Å². The second kappa shape index (κ2) is 7.33. The number of benzene rings is 1. The second-order valence-electron chi connectivity index (χ2n) is 5.49. The first-order valence-electron chi connectivity index (χ1n) is 7.65. The predicted molar refractivity (Wildman–Crippen MR) is 90.3 cm³/mol. The van der Waals surface area contributed by atoms with Crippen molar-refractivity contribution in [2.24, 2.45) is 0 Å². The van der Waals surface area contributed by atoms with Gasteiger partial charge >= 0.3 is 6.18 Å². The Kier molecular flexibility index (Phi) is 4.94. The van der Waals surface area contributed by atoms with Crippen molar-refractivity contribution < 1.29 is 17.9 Å². The minimum atomic E-state index is -4.34. The van der Waals surface area contributed by atoms with Gasteiger partial charge in [0, 0.05) is 24.2 Å². The van der Waals surface area contributed by atoms with Gasteiger partial charge < -0.3 is 10.1 Å². The van der Waals surface area contributed by atoms with E-state index in [1.165, 1.54) is 19.5 Å².